The molecule has 152 valence electrons. The molecule has 0 saturated carbocycles. The molecule has 3 aliphatic rings. The number of pyridine rings is 1. The van der Waals surface area contributed by atoms with Crippen LogP contribution in [0.15, 0.2) is 12.1 Å². The summed E-state index contributed by atoms with van der Waals surface area (Å²) in [6.07, 6.45) is 5.75. The van der Waals surface area contributed by atoms with Crippen LogP contribution >= 0.6 is 0 Å². The van der Waals surface area contributed by atoms with Gasteiger partial charge in [0.05, 0.1) is 6.54 Å². The van der Waals surface area contributed by atoms with Crippen LogP contribution in [0.5, 0.6) is 0 Å². The Hall–Kier alpha value is -2.15. The fourth-order valence-electron chi connectivity index (χ4n) is 4.75. The number of hydrogen-bond acceptors (Lipinski definition) is 5. The molecule has 2 fully saturated rings. The van der Waals surface area contributed by atoms with E-state index in [1.807, 2.05) is 9.80 Å². The Morgan fingerprint density at radius 1 is 1.11 bits per heavy atom. The van der Waals surface area contributed by atoms with Crippen LogP contribution in [-0.2, 0) is 16.0 Å². The number of aromatic nitrogens is 1. The topological polar surface area (TPSA) is 85.8 Å². The molecule has 2 N–H and O–H groups in total. The minimum absolute atomic E-state index is 0.0488. The Bertz CT molecular complexity index is 722. The first-order valence-electron chi connectivity index (χ1n) is 10.6. The van der Waals surface area contributed by atoms with E-state index in [1.165, 1.54) is 12.0 Å². The largest absolute Gasteiger partial charge is 0.480 e. The van der Waals surface area contributed by atoms with Crippen molar-refractivity contribution in [3.05, 3.63) is 23.4 Å². The molecule has 0 aromatic carbocycles. The number of nitrogens with one attached hydrogen (secondary N) is 1. The quantitative estimate of drug-likeness (QED) is 0.823. The number of aliphatic carboxylic acids is 1. The van der Waals surface area contributed by atoms with E-state index in [0.717, 1.165) is 63.3 Å². The molecule has 4 heterocycles. The Balaban J connectivity index is 1.28. The second-order valence-electron chi connectivity index (χ2n) is 8.32. The van der Waals surface area contributed by atoms with Gasteiger partial charge in [-0.1, -0.05) is 6.07 Å². The Morgan fingerprint density at radius 2 is 1.86 bits per heavy atom. The van der Waals surface area contributed by atoms with Gasteiger partial charge in [-0.15, -0.1) is 0 Å². The molecule has 0 radical (unpaired) electrons. The van der Waals surface area contributed by atoms with Gasteiger partial charge in [0.1, 0.15) is 5.82 Å². The van der Waals surface area contributed by atoms with E-state index >= 15 is 0 Å². The minimum Gasteiger partial charge on any atom is -0.480 e. The number of nitrogens with zero attached hydrogens (tertiary/aromatic N) is 3. The monoisotopic (exact) mass is 386 g/mol. The van der Waals surface area contributed by atoms with Gasteiger partial charge in [-0.3, -0.25) is 14.5 Å². The predicted molar refractivity (Wildman–Crippen MR) is 106 cm³/mol. The number of rotatable bonds is 4. The third-order valence-corrected chi connectivity index (χ3v) is 6.44. The van der Waals surface area contributed by atoms with Gasteiger partial charge in [0.15, 0.2) is 0 Å². The highest BCUT2D eigenvalue weighted by Crippen LogP contribution is 2.31. The lowest BCUT2D eigenvalue weighted by Crippen LogP contribution is -2.46. The van der Waals surface area contributed by atoms with Gasteiger partial charge in [-0.2, -0.15) is 0 Å². The molecule has 0 aliphatic carbocycles. The number of hydrogen-bond donors (Lipinski definition) is 2. The van der Waals surface area contributed by atoms with E-state index in [2.05, 4.69) is 17.4 Å². The maximum absolute atomic E-state index is 12.9. The summed E-state index contributed by atoms with van der Waals surface area (Å²) in [6, 6.07) is 4.39. The van der Waals surface area contributed by atoms with E-state index < -0.39 is 5.97 Å². The summed E-state index contributed by atoms with van der Waals surface area (Å²) in [7, 11) is 0. The van der Waals surface area contributed by atoms with Crippen molar-refractivity contribution in [1.29, 1.82) is 0 Å². The van der Waals surface area contributed by atoms with Crippen LogP contribution < -0.4 is 5.32 Å². The van der Waals surface area contributed by atoms with Crippen LogP contribution in [0.1, 0.15) is 49.3 Å². The molecule has 0 atom stereocenters. The van der Waals surface area contributed by atoms with Crippen molar-refractivity contribution in [2.75, 3.05) is 44.6 Å². The van der Waals surface area contributed by atoms with Crippen molar-refractivity contribution in [2.24, 2.45) is 5.92 Å². The Labute approximate surface area is 166 Å². The molecule has 7 heteroatoms. The molecule has 1 amide bonds. The molecule has 1 aromatic heterocycles. The fourth-order valence-corrected chi connectivity index (χ4v) is 4.75. The van der Waals surface area contributed by atoms with Crippen molar-refractivity contribution in [2.45, 2.75) is 44.4 Å². The lowest BCUT2D eigenvalue weighted by Gasteiger charge is -2.37. The number of carbonyl (C=O) groups is 2. The number of carboxylic acids is 1. The zero-order chi connectivity index (χ0) is 19.5. The molecule has 0 bridgehead atoms. The van der Waals surface area contributed by atoms with Crippen molar-refractivity contribution in [1.82, 2.24) is 14.8 Å². The molecule has 1 aromatic rings. The summed E-state index contributed by atoms with van der Waals surface area (Å²) in [6.45, 7) is 4.07. The second-order valence-corrected chi connectivity index (χ2v) is 8.32. The number of amides is 1. The Kier molecular flexibility index (Phi) is 5.80. The number of carboxylic acid groups (broad SMARTS) is 1. The highest BCUT2D eigenvalue weighted by atomic mass is 16.4. The van der Waals surface area contributed by atoms with Crippen LogP contribution in [-0.4, -0.2) is 71.0 Å². The van der Waals surface area contributed by atoms with Crippen LogP contribution in [0.2, 0.25) is 0 Å². The molecule has 7 nitrogen and oxygen atoms in total. The second kappa shape index (κ2) is 8.47. The van der Waals surface area contributed by atoms with Crippen LogP contribution in [0, 0.1) is 5.92 Å². The third-order valence-electron chi connectivity index (χ3n) is 6.44. The molecule has 2 saturated heterocycles. The van der Waals surface area contributed by atoms with Gasteiger partial charge in [-0.25, -0.2) is 4.98 Å². The van der Waals surface area contributed by atoms with E-state index in [1.54, 1.807) is 0 Å². The van der Waals surface area contributed by atoms with Crippen LogP contribution in [0.3, 0.4) is 0 Å². The first kappa shape index (κ1) is 19.2. The average molecular weight is 386 g/mol. The van der Waals surface area contributed by atoms with Gasteiger partial charge in [0.2, 0.25) is 5.91 Å². The number of piperidine rings is 2. The maximum Gasteiger partial charge on any atom is 0.317 e. The van der Waals surface area contributed by atoms with Crippen molar-refractivity contribution >= 4 is 17.7 Å². The minimum atomic E-state index is -0.794. The molecule has 28 heavy (non-hydrogen) atoms. The Morgan fingerprint density at radius 3 is 2.57 bits per heavy atom. The van der Waals surface area contributed by atoms with Gasteiger partial charge in [0.25, 0.3) is 0 Å². The third kappa shape index (κ3) is 4.29. The van der Waals surface area contributed by atoms with E-state index in [0.29, 0.717) is 19.0 Å². The first-order chi connectivity index (χ1) is 13.6. The lowest BCUT2D eigenvalue weighted by molar-refractivity contribution is -0.140. The van der Waals surface area contributed by atoms with Crippen LogP contribution in [0.4, 0.5) is 5.82 Å². The zero-order valence-electron chi connectivity index (χ0n) is 16.4. The van der Waals surface area contributed by atoms with Gasteiger partial charge >= 0.3 is 5.97 Å². The molecule has 0 unspecified atom stereocenters. The highest BCUT2D eigenvalue weighted by molar-refractivity contribution is 5.79. The summed E-state index contributed by atoms with van der Waals surface area (Å²) in [5.74, 6) is 0.991. The fraction of sp³-hybridized carbons (Fsp3) is 0.667. The van der Waals surface area contributed by atoms with Crippen molar-refractivity contribution in [3.63, 3.8) is 0 Å². The summed E-state index contributed by atoms with van der Waals surface area (Å²) < 4.78 is 0. The average Bonchev–Trinajstić information content (AvgIpc) is 2.73. The predicted octanol–water partition coefficient (Wildman–Crippen LogP) is 1.94. The van der Waals surface area contributed by atoms with E-state index in [4.69, 9.17) is 10.1 Å². The molecule has 0 spiro atoms. The van der Waals surface area contributed by atoms with Gasteiger partial charge < -0.3 is 15.3 Å². The number of carbonyl (C=O) groups excluding carboxylic acids is 1. The van der Waals surface area contributed by atoms with Crippen molar-refractivity contribution in [3.8, 4) is 0 Å². The molecular weight excluding hydrogens is 356 g/mol. The standard InChI is InChI=1S/C21H30N4O3/c26-19(27)14-24-10-5-17(6-11-24)21(28)25-12-7-15(8-13-25)18-4-3-16-2-1-9-22-20(16)23-18/h3-4,15,17H,1-2,5-14H2,(H,22,23)(H,26,27). The summed E-state index contributed by atoms with van der Waals surface area (Å²) in [4.78, 5) is 32.5. The first-order valence-corrected chi connectivity index (χ1v) is 10.6. The highest BCUT2D eigenvalue weighted by Gasteiger charge is 2.32. The normalized spacial score (nSPS) is 21.8. The lowest BCUT2D eigenvalue weighted by atomic mass is 9.90. The summed E-state index contributed by atoms with van der Waals surface area (Å²) >= 11 is 0. The molecule has 3 aliphatic heterocycles. The van der Waals surface area contributed by atoms with E-state index in [-0.39, 0.29) is 18.4 Å². The van der Waals surface area contributed by atoms with E-state index in [9.17, 15) is 9.59 Å². The van der Waals surface area contributed by atoms with Crippen molar-refractivity contribution < 1.29 is 14.7 Å². The zero-order valence-corrected chi connectivity index (χ0v) is 16.4. The van der Waals surface area contributed by atoms with Crippen LogP contribution in [0.25, 0.3) is 0 Å². The molecule has 4 rings (SSSR count). The summed E-state index contributed by atoms with van der Waals surface area (Å²) in [5.41, 5.74) is 2.47. The SMILES string of the molecule is O=C(O)CN1CCC(C(=O)N2CCC(c3ccc4c(n3)NCCC4)CC2)CC1. The number of aryl methyl sites for hydroxylation is 1. The smallest absolute Gasteiger partial charge is 0.317 e. The maximum atomic E-state index is 12.9. The summed E-state index contributed by atoms with van der Waals surface area (Å²) in [5, 5.41) is 12.3. The number of fused-ring (bicyclic) bond motifs is 1. The number of anilines is 1. The van der Waals surface area contributed by atoms with Gasteiger partial charge in [0, 0.05) is 37.2 Å². The molecular formula is C21H30N4O3. The number of likely N-dealkylation sites (tertiary alicyclic amines) is 2. The van der Waals surface area contributed by atoms with Gasteiger partial charge in [-0.05, 0) is 63.2 Å².